The highest BCUT2D eigenvalue weighted by Crippen LogP contribution is 2.18. The summed E-state index contributed by atoms with van der Waals surface area (Å²) >= 11 is 3.40. The van der Waals surface area contributed by atoms with E-state index in [-0.39, 0.29) is 18.4 Å². The number of hydrogen-bond acceptors (Lipinski definition) is 3. The van der Waals surface area contributed by atoms with Crippen LogP contribution in [0.15, 0.2) is 83.3 Å². The molecule has 0 fully saturated rings. The number of carbonyl (C=O) groups is 2. The van der Waals surface area contributed by atoms with Gasteiger partial charge in [0.25, 0.3) is 5.91 Å². The number of ether oxygens (including phenoxy) is 1. The molecule has 0 heterocycles. The molecule has 3 aromatic carbocycles. The molecule has 2 amide bonds. The maximum atomic E-state index is 13.5. The van der Waals surface area contributed by atoms with Gasteiger partial charge in [-0.25, -0.2) is 0 Å². The summed E-state index contributed by atoms with van der Waals surface area (Å²) in [7, 11) is 0. The van der Waals surface area contributed by atoms with Gasteiger partial charge in [-0.1, -0.05) is 83.0 Å². The molecule has 0 bridgehead atoms. The summed E-state index contributed by atoms with van der Waals surface area (Å²) in [5.74, 6) is 0.203. The van der Waals surface area contributed by atoms with E-state index in [2.05, 4.69) is 21.2 Å². The van der Waals surface area contributed by atoms with Crippen molar-refractivity contribution in [2.24, 2.45) is 0 Å². The molecule has 3 rings (SSSR count). The minimum absolute atomic E-state index is 0.153. The summed E-state index contributed by atoms with van der Waals surface area (Å²) in [6.45, 7) is 4.75. The molecule has 0 radical (unpaired) electrons. The highest BCUT2D eigenvalue weighted by Gasteiger charge is 2.30. The van der Waals surface area contributed by atoms with Crippen LogP contribution in [0.4, 0.5) is 0 Å². The topological polar surface area (TPSA) is 58.6 Å². The number of rotatable bonds is 11. The second-order valence-corrected chi connectivity index (χ2v) is 9.17. The van der Waals surface area contributed by atoms with Crippen molar-refractivity contribution in [3.8, 4) is 5.75 Å². The fraction of sp³-hybridized carbons (Fsp3) is 0.286. The fourth-order valence-corrected chi connectivity index (χ4v) is 3.95. The number of nitrogens with one attached hydrogen (secondary N) is 1. The minimum Gasteiger partial charge on any atom is -0.484 e. The highest BCUT2D eigenvalue weighted by molar-refractivity contribution is 9.10. The van der Waals surface area contributed by atoms with Crippen LogP contribution in [0.1, 0.15) is 30.0 Å². The summed E-state index contributed by atoms with van der Waals surface area (Å²) in [6, 6.07) is 24.5. The molecule has 1 N–H and O–H groups in total. The van der Waals surface area contributed by atoms with E-state index in [1.807, 2.05) is 80.6 Å². The predicted molar refractivity (Wildman–Crippen MR) is 139 cm³/mol. The van der Waals surface area contributed by atoms with E-state index in [1.165, 1.54) is 0 Å². The van der Waals surface area contributed by atoms with Gasteiger partial charge >= 0.3 is 0 Å². The number of carbonyl (C=O) groups excluding carboxylic acids is 2. The van der Waals surface area contributed by atoms with Gasteiger partial charge < -0.3 is 15.0 Å². The lowest BCUT2D eigenvalue weighted by Crippen LogP contribution is -2.51. The Labute approximate surface area is 210 Å². The fourth-order valence-electron chi connectivity index (χ4n) is 3.69. The Bertz CT molecular complexity index is 1070. The molecule has 5 nitrogen and oxygen atoms in total. The van der Waals surface area contributed by atoms with Crippen molar-refractivity contribution in [1.82, 2.24) is 10.2 Å². The summed E-state index contributed by atoms with van der Waals surface area (Å²) in [4.78, 5) is 28.4. The molecule has 34 heavy (non-hydrogen) atoms. The van der Waals surface area contributed by atoms with E-state index in [0.29, 0.717) is 25.3 Å². The van der Waals surface area contributed by atoms with Crippen LogP contribution < -0.4 is 10.1 Å². The Morgan fingerprint density at radius 3 is 2.35 bits per heavy atom. The number of hydrogen-bond donors (Lipinski definition) is 1. The Balaban J connectivity index is 1.88. The molecule has 0 aromatic heterocycles. The molecule has 0 saturated heterocycles. The maximum Gasteiger partial charge on any atom is 0.261 e. The van der Waals surface area contributed by atoms with Crippen molar-refractivity contribution >= 4 is 27.7 Å². The lowest BCUT2D eigenvalue weighted by Gasteiger charge is -2.31. The van der Waals surface area contributed by atoms with Gasteiger partial charge in [-0.05, 0) is 48.7 Å². The van der Waals surface area contributed by atoms with Gasteiger partial charge in [-0.3, -0.25) is 9.59 Å². The number of amides is 2. The quantitative estimate of drug-likeness (QED) is 0.371. The van der Waals surface area contributed by atoms with Gasteiger partial charge in [0.2, 0.25) is 5.91 Å². The van der Waals surface area contributed by atoms with E-state index >= 15 is 0 Å². The summed E-state index contributed by atoms with van der Waals surface area (Å²) < 4.78 is 6.72. The molecule has 6 heteroatoms. The average Bonchev–Trinajstić information content (AvgIpc) is 2.85. The van der Waals surface area contributed by atoms with Gasteiger partial charge in [-0.2, -0.15) is 0 Å². The van der Waals surface area contributed by atoms with Gasteiger partial charge in [0.1, 0.15) is 11.8 Å². The summed E-state index contributed by atoms with van der Waals surface area (Å²) in [5.41, 5.74) is 3.07. The van der Waals surface area contributed by atoms with Crippen LogP contribution in [0.3, 0.4) is 0 Å². The van der Waals surface area contributed by atoms with Crippen molar-refractivity contribution in [3.05, 3.63) is 100 Å². The lowest BCUT2D eigenvalue weighted by atomic mass is 10.0. The Morgan fingerprint density at radius 1 is 0.971 bits per heavy atom. The zero-order valence-electron chi connectivity index (χ0n) is 19.7. The second kappa shape index (κ2) is 12.9. The number of halogens is 1. The smallest absolute Gasteiger partial charge is 0.261 e. The highest BCUT2D eigenvalue weighted by atomic mass is 79.9. The zero-order chi connectivity index (χ0) is 24.3. The zero-order valence-corrected chi connectivity index (χ0v) is 21.3. The first-order valence-electron chi connectivity index (χ1n) is 11.5. The summed E-state index contributed by atoms with van der Waals surface area (Å²) in [5, 5.41) is 2.99. The van der Waals surface area contributed by atoms with Crippen LogP contribution in [-0.4, -0.2) is 35.9 Å². The number of nitrogens with zero attached hydrogens (tertiary/aromatic N) is 1. The minimum atomic E-state index is -0.657. The molecule has 0 unspecified atom stereocenters. The molecule has 0 aliphatic carbocycles. The third-order valence-corrected chi connectivity index (χ3v) is 5.96. The van der Waals surface area contributed by atoms with Crippen LogP contribution in [0.25, 0.3) is 0 Å². The molecule has 0 aliphatic rings. The summed E-state index contributed by atoms with van der Waals surface area (Å²) in [6.07, 6.45) is 1.24. The first kappa shape index (κ1) is 25.5. The van der Waals surface area contributed by atoms with Crippen molar-refractivity contribution in [1.29, 1.82) is 0 Å². The third-order valence-electron chi connectivity index (χ3n) is 5.43. The van der Waals surface area contributed by atoms with E-state index in [0.717, 1.165) is 27.6 Å². The molecular weight excluding hydrogens is 492 g/mol. The predicted octanol–water partition coefficient (Wildman–Crippen LogP) is 5.30. The maximum absolute atomic E-state index is 13.5. The Morgan fingerprint density at radius 2 is 1.68 bits per heavy atom. The van der Waals surface area contributed by atoms with Crippen molar-refractivity contribution < 1.29 is 14.3 Å². The van der Waals surface area contributed by atoms with Crippen molar-refractivity contribution in [3.63, 3.8) is 0 Å². The Kier molecular flexibility index (Phi) is 9.71. The largest absolute Gasteiger partial charge is 0.484 e. The molecule has 0 spiro atoms. The average molecular weight is 523 g/mol. The van der Waals surface area contributed by atoms with Crippen LogP contribution in [0.5, 0.6) is 5.75 Å². The number of benzene rings is 3. The standard InChI is InChI=1S/C28H31BrN2O3/c1-3-16-30-28(33)26(18-22-9-5-4-6-10-22)31(19-23-11-7-8-21(2)17-23)27(32)20-34-25-14-12-24(29)13-15-25/h4-15,17,26H,3,16,18-20H2,1-2H3,(H,30,33)/t26-/m0/s1. The molecule has 0 aliphatic heterocycles. The number of aryl methyl sites for hydroxylation is 1. The molecule has 3 aromatic rings. The third kappa shape index (κ3) is 7.73. The van der Waals surface area contributed by atoms with Gasteiger partial charge in [0.15, 0.2) is 6.61 Å². The molecule has 1 atom stereocenters. The Hall–Kier alpha value is -3.12. The van der Waals surface area contributed by atoms with E-state index in [9.17, 15) is 9.59 Å². The van der Waals surface area contributed by atoms with Crippen LogP contribution in [0, 0.1) is 6.92 Å². The monoisotopic (exact) mass is 522 g/mol. The molecule has 178 valence electrons. The van der Waals surface area contributed by atoms with Crippen molar-refractivity contribution in [2.45, 2.75) is 39.3 Å². The van der Waals surface area contributed by atoms with Gasteiger partial charge in [0.05, 0.1) is 0 Å². The molecular formula is C28H31BrN2O3. The van der Waals surface area contributed by atoms with E-state index in [4.69, 9.17) is 4.74 Å². The van der Waals surface area contributed by atoms with Gasteiger partial charge in [0, 0.05) is 24.0 Å². The van der Waals surface area contributed by atoms with Crippen LogP contribution in [0.2, 0.25) is 0 Å². The van der Waals surface area contributed by atoms with Crippen LogP contribution >= 0.6 is 15.9 Å². The van der Waals surface area contributed by atoms with E-state index in [1.54, 1.807) is 17.0 Å². The lowest BCUT2D eigenvalue weighted by molar-refractivity contribution is -0.142. The van der Waals surface area contributed by atoms with Crippen molar-refractivity contribution in [2.75, 3.05) is 13.2 Å². The van der Waals surface area contributed by atoms with Crippen LogP contribution in [-0.2, 0) is 22.6 Å². The first-order valence-corrected chi connectivity index (χ1v) is 12.3. The van der Waals surface area contributed by atoms with Gasteiger partial charge in [-0.15, -0.1) is 0 Å². The second-order valence-electron chi connectivity index (χ2n) is 8.25. The molecule has 0 saturated carbocycles. The van der Waals surface area contributed by atoms with E-state index < -0.39 is 6.04 Å². The first-order chi connectivity index (χ1) is 16.5. The normalized spacial score (nSPS) is 11.5. The SMILES string of the molecule is CCCNC(=O)[C@H](Cc1ccccc1)N(Cc1cccc(C)c1)C(=O)COc1ccc(Br)cc1.